The largest absolute Gasteiger partial charge is 0.481 e. The third-order valence-electron chi connectivity index (χ3n) is 4.68. The molecule has 0 spiro atoms. The van der Waals surface area contributed by atoms with E-state index in [9.17, 15) is 37.1 Å². The minimum absolute atomic E-state index is 0.0147. The molecule has 1 N–H and O–H groups in total. The van der Waals surface area contributed by atoms with Crippen LogP contribution in [-0.4, -0.2) is 50.8 Å². The summed E-state index contributed by atoms with van der Waals surface area (Å²) < 4.78 is 51.2. The predicted octanol–water partition coefficient (Wildman–Crippen LogP) is 4.78. The SMILES string of the molecule is CC1=C(CC(=O)O)C2=CC(=O)C(Cl)CC2N1C(=O)c1ccc(SC(F)(F)C(F)F)s1. The number of nitrogens with zero attached hydrogens (tertiary/aromatic N) is 1. The van der Waals surface area contributed by atoms with Crippen LogP contribution < -0.4 is 0 Å². The monoisotopic (exact) mass is 483 g/mol. The smallest absolute Gasteiger partial charge is 0.358 e. The molecule has 0 fully saturated rings. The van der Waals surface area contributed by atoms with Crippen LogP contribution in [0, 0.1) is 0 Å². The number of allylic oxidation sites excluding steroid dienone is 2. The summed E-state index contributed by atoms with van der Waals surface area (Å²) in [5.74, 6) is -2.15. The molecule has 162 valence electrons. The highest BCUT2D eigenvalue weighted by Gasteiger charge is 2.45. The fraction of sp³-hybridized carbons (Fsp3) is 0.389. The standard InChI is InChI=1S/C18H14ClF4NO4S2/c1-7-8(5-14(26)27)9-4-12(25)10(19)6-11(9)24(7)16(28)13-2-3-15(29-13)30-18(22,23)17(20)21/h2-4,10-11,17H,5-6H2,1H3,(H,26,27). The maximum absolute atomic E-state index is 13.3. The summed E-state index contributed by atoms with van der Waals surface area (Å²) in [6.07, 6.45) is -2.97. The molecular weight excluding hydrogens is 470 g/mol. The van der Waals surface area contributed by atoms with Gasteiger partial charge < -0.3 is 10.0 Å². The first-order valence-corrected chi connectivity index (χ1v) is 10.6. The molecule has 0 saturated carbocycles. The van der Waals surface area contributed by atoms with Gasteiger partial charge in [-0.25, -0.2) is 8.78 Å². The Morgan fingerprint density at radius 3 is 2.67 bits per heavy atom. The highest BCUT2D eigenvalue weighted by atomic mass is 35.5. The molecule has 1 aromatic heterocycles. The summed E-state index contributed by atoms with van der Waals surface area (Å²) in [5.41, 5.74) is 1.02. The molecule has 1 aliphatic heterocycles. The first-order valence-electron chi connectivity index (χ1n) is 8.52. The zero-order valence-electron chi connectivity index (χ0n) is 15.2. The molecule has 3 rings (SSSR count). The third kappa shape index (κ3) is 4.28. The number of thioether (sulfide) groups is 1. The van der Waals surface area contributed by atoms with E-state index < -0.39 is 47.2 Å². The van der Waals surface area contributed by atoms with Crippen LogP contribution in [0.25, 0.3) is 0 Å². The summed E-state index contributed by atoms with van der Waals surface area (Å²) in [7, 11) is 0. The number of carbonyl (C=O) groups excluding carboxylic acids is 2. The summed E-state index contributed by atoms with van der Waals surface area (Å²) in [6, 6.07) is 1.72. The van der Waals surface area contributed by atoms with E-state index in [0.29, 0.717) is 28.2 Å². The van der Waals surface area contributed by atoms with Gasteiger partial charge in [0, 0.05) is 5.70 Å². The average Bonchev–Trinajstić information content (AvgIpc) is 3.18. The number of carbonyl (C=O) groups is 3. The van der Waals surface area contributed by atoms with Crippen molar-refractivity contribution in [2.24, 2.45) is 0 Å². The van der Waals surface area contributed by atoms with Crippen LogP contribution in [0.3, 0.4) is 0 Å². The van der Waals surface area contributed by atoms with Crippen LogP contribution >= 0.6 is 34.7 Å². The van der Waals surface area contributed by atoms with Gasteiger partial charge in [-0.1, -0.05) is 0 Å². The van der Waals surface area contributed by atoms with Gasteiger partial charge in [0.25, 0.3) is 5.91 Å². The zero-order valence-corrected chi connectivity index (χ0v) is 17.6. The quantitative estimate of drug-likeness (QED) is 0.358. The first-order chi connectivity index (χ1) is 13.9. The van der Waals surface area contributed by atoms with Crippen molar-refractivity contribution in [2.45, 2.75) is 47.1 Å². The number of aliphatic carboxylic acids is 1. The Bertz CT molecular complexity index is 975. The van der Waals surface area contributed by atoms with E-state index in [1.54, 1.807) is 0 Å². The number of fused-ring (bicyclic) bond motifs is 1. The fourth-order valence-electron chi connectivity index (χ4n) is 3.36. The van der Waals surface area contributed by atoms with Gasteiger partial charge >= 0.3 is 17.6 Å². The lowest BCUT2D eigenvalue weighted by molar-refractivity contribution is -0.136. The Morgan fingerprint density at radius 1 is 1.40 bits per heavy atom. The molecule has 2 unspecified atom stereocenters. The van der Waals surface area contributed by atoms with Gasteiger partial charge in [-0.05, 0) is 54.5 Å². The van der Waals surface area contributed by atoms with E-state index in [1.165, 1.54) is 24.0 Å². The molecule has 12 heteroatoms. The Balaban J connectivity index is 1.93. The van der Waals surface area contributed by atoms with Crippen molar-refractivity contribution < 1.29 is 37.1 Å². The second-order valence-electron chi connectivity index (χ2n) is 6.61. The van der Waals surface area contributed by atoms with Crippen molar-refractivity contribution in [3.05, 3.63) is 39.9 Å². The molecular formula is C18H14ClF4NO4S2. The molecule has 0 radical (unpaired) electrons. The molecule has 1 aliphatic carbocycles. The summed E-state index contributed by atoms with van der Waals surface area (Å²) >= 11 is 6.33. The number of hydrogen-bond donors (Lipinski definition) is 1. The van der Waals surface area contributed by atoms with E-state index >= 15 is 0 Å². The predicted molar refractivity (Wildman–Crippen MR) is 103 cm³/mol. The number of halogens is 5. The van der Waals surface area contributed by atoms with E-state index in [2.05, 4.69) is 0 Å². The minimum atomic E-state index is -4.30. The zero-order chi connectivity index (χ0) is 22.4. The molecule has 30 heavy (non-hydrogen) atoms. The summed E-state index contributed by atoms with van der Waals surface area (Å²) in [6.45, 7) is 1.53. The molecule has 0 bridgehead atoms. The topological polar surface area (TPSA) is 74.7 Å². The molecule has 0 aromatic carbocycles. The Hall–Kier alpha value is -1.85. The molecule has 0 saturated heterocycles. The van der Waals surface area contributed by atoms with Gasteiger partial charge in [-0.3, -0.25) is 14.4 Å². The fourth-order valence-corrected chi connectivity index (χ4v) is 5.53. The van der Waals surface area contributed by atoms with Gasteiger partial charge in [0.15, 0.2) is 5.78 Å². The maximum Gasteiger partial charge on any atom is 0.358 e. The molecule has 2 heterocycles. The molecule has 1 amide bonds. The van der Waals surface area contributed by atoms with E-state index in [1.807, 2.05) is 0 Å². The number of rotatable bonds is 6. The highest BCUT2D eigenvalue weighted by molar-refractivity contribution is 8.02. The second kappa shape index (κ2) is 8.35. The second-order valence-corrected chi connectivity index (χ2v) is 9.67. The van der Waals surface area contributed by atoms with E-state index in [4.69, 9.17) is 11.6 Å². The summed E-state index contributed by atoms with van der Waals surface area (Å²) in [4.78, 5) is 37.7. The van der Waals surface area contributed by atoms with Crippen molar-refractivity contribution in [1.82, 2.24) is 4.90 Å². The van der Waals surface area contributed by atoms with Crippen molar-refractivity contribution in [1.29, 1.82) is 0 Å². The van der Waals surface area contributed by atoms with Crippen molar-refractivity contribution >= 4 is 52.4 Å². The van der Waals surface area contributed by atoms with Crippen LogP contribution in [-0.2, 0) is 9.59 Å². The lowest BCUT2D eigenvalue weighted by Crippen LogP contribution is -2.40. The van der Waals surface area contributed by atoms with Crippen molar-refractivity contribution in [2.75, 3.05) is 0 Å². The Kier molecular flexibility index (Phi) is 6.35. The van der Waals surface area contributed by atoms with Gasteiger partial charge in [0.2, 0.25) is 0 Å². The number of alkyl halides is 5. The minimum Gasteiger partial charge on any atom is -0.481 e. The number of carboxylic acids is 1. The lowest BCUT2D eigenvalue weighted by Gasteiger charge is -2.30. The molecule has 2 aliphatic rings. The van der Waals surface area contributed by atoms with Crippen LogP contribution in [0.2, 0.25) is 0 Å². The van der Waals surface area contributed by atoms with E-state index in [0.717, 1.165) is 6.07 Å². The first kappa shape index (κ1) is 22.8. The van der Waals surface area contributed by atoms with Gasteiger partial charge in [0.1, 0.15) is 0 Å². The third-order valence-corrected chi connectivity index (χ3v) is 7.23. The summed E-state index contributed by atoms with van der Waals surface area (Å²) in [5, 5.41) is 3.99. The average molecular weight is 484 g/mol. The van der Waals surface area contributed by atoms with Gasteiger partial charge in [-0.2, -0.15) is 8.78 Å². The van der Waals surface area contributed by atoms with Crippen LogP contribution in [0.1, 0.15) is 29.4 Å². The highest BCUT2D eigenvalue weighted by Crippen LogP contribution is 2.45. The Morgan fingerprint density at radius 2 is 2.07 bits per heavy atom. The number of hydrogen-bond acceptors (Lipinski definition) is 5. The molecule has 2 atom stereocenters. The van der Waals surface area contributed by atoms with Crippen LogP contribution in [0.5, 0.6) is 0 Å². The van der Waals surface area contributed by atoms with Crippen LogP contribution in [0.15, 0.2) is 39.3 Å². The molecule has 1 aromatic rings. The molecule has 5 nitrogen and oxygen atoms in total. The van der Waals surface area contributed by atoms with Gasteiger partial charge in [0.05, 0.1) is 26.9 Å². The van der Waals surface area contributed by atoms with Crippen molar-refractivity contribution in [3.63, 3.8) is 0 Å². The van der Waals surface area contributed by atoms with Gasteiger partial charge in [-0.15, -0.1) is 22.9 Å². The van der Waals surface area contributed by atoms with Crippen molar-refractivity contribution in [3.8, 4) is 0 Å². The normalized spacial score (nSPS) is 21.9. The number of ketones is 1. The number of thiophene rings is 1. The van der Waals surface area contributed by atoms with Crippen LogP contribution in [0.4, 0.5) is 17.6 Å². The lowest BCUT2D eigenvalue weighted by atomic mass is 9.89. The maximum atomic E-state index is 13.3. The van der Waals surface area contributed by atoms with E-state index in [-0.39, 0.29) is 27.3 Å². The number of amides is 1. The number of carboxylic acid groups (broad SMARTS) is 1. The Labute approximate surface area is 181 Å².